The molecular formula is C12H13NO3. The second-order valence-corrected chi connectivity index (χ2v) is 4.16. The summed E-state index contributed by atoms with van der Waals surface area (Å²) in [7, 11) is 0. The smallest absolute Gasteiger partial charge is 0.306 e. The van der Waals surface area contributed by atoms with E-state index in [4.69, 9.17) is 10.8 Å². The molecule has 0 aliphatic heterocycles. The summed E-state index contributed by atoms with van der Waals surface area (Å²) in [5, 5.41) is 8.87. The summed E-state index contributed by atoms with van der Waals surface area (Å²) in [5.41, 5.74) is 7.07. The first-order chi connectivity index (χ1) is 7.58. The highest BCUT2D eigenvalue weighted by molar-refractivity contribution is 5.92. The summed E-state index contributed by atoms with van der Waals surface area (Å²) in [6.07, 6.45) is 0.520. The molecule has 1 saturated carbocycles. The van der Waals surface area contributed by atoms with Gasteiger partial charge in [0, 0.05) is 18.0 Å². The number of carbonyl (C=O) groups is 2. The highest BCUT2D eigenvalue weighted by Crippen LogP contribution is 2.36. The van der Waals surface area contributed by atoms with Crippen LogP contribution in [-0.4, -0.2) is 16.9 Å². The van der Waals surface area contributed by atoms with Crippen LogP contribution in [0.3, 0.4) is 0 Å². The number of Topliss-reactive ketones (excluding diaryl/α,β-unsaturated/α-hetero) is 1. The Morgan fingerprint density at radius 3 is 2.75 bits per heavy atom. The molecule has 0 bridgehead atoms. The van der Waals surface area contributed by atoms with Crippen LogP contribution in [0, 0.1) is 5.92 Å². The van der Waals surface area contributed by atoms with Crippen LogP contribution < -0.4 is 5.73 Å². The van der Waals surface area contributed by atoms with Gasteiger partial charge >= 0.3 is 5.97 Å². The van der Waals surface area contributed by atoms with Crippen LogP contribution in [0.4, 0.5) is 5.69 Å². The molecule has 4 nitrogen and oxygen atoms in total. The fourth-order valence-corrected chi connectivity index (χ4v) is 2.17. The van der Waals surface area contributed by atoms with Gasteiger partial charge in [-0.25, -0.2) is 0 Å². The van der Waals surface area contributed by atoms with Crippen molar-refractivity contribution < 1.29 is 14.7 Å². The maximum absolute atomic E-state index is 11.7. The molecule has 0 aromatic heterocycles. The van der Waals surface area contributed by atoms with Gasteiger partial charge in [-0.3, -0.25) is 9.59 Å². The summed E-state index contributed by atoms with van der Waals surface area (Å²) >= 11 is 0. The third-order valence-electron chi connectivity index (χ3n) is 3.02. The molecule has 1 aliphatic rings. The zero-order chi connectivity index (χ0) is 11.7. The minimum Gasteiger partial charge on any atom is -0.481 e. The topological polar surface area (TPSA) is 80.4 Å². The van der Waals surface area contributed by atoms with Crippen molar-refractivity contribution in [2.24, 2.45) is 5.92 Å². The van der Waals surface area contributed by atoms with E-state index in [1.807, 2.05) is 6.07 Å². The Balaban J connectivity index is 2.23. The standard InChI is InChI=1S/C12H13NO3/c13-9-3-1-2-7(4-9)10-5-8(12(15)16)6-11(10)14/h1-4,8,10H,5-6,13H2,(H,15,16)/t8-,10-/m1/s1. The number of nitrogens with two attached hydrogens (primary N) is 1. The van der Waals surface area contributed by atoms with Crippen molar-refractivity contribution in [2.45, 2.75) is 18.8 Å². The number of benzene rings is 1. The van der Waals surface area contributed by atoms with E-state index >= 15 is 0 Å². The van der Waals surface area contributed by atoms with Gasteiger partial charge in [-0.2, -0.15) is 0 Å². The number of hydrogen-bond acceptors (Lipinski definition) is 3. The molecule has 16 heavy (non-hydrogen) atoms. The Bertz CT molecular complexity index is 442. The number of carboxylic acids is 1. The minimum absolute atomic E-state index is 0.00185. The van der Waals surface area contributed by atoms with E-state index in [1.54, 1.807) is 18.2 Å². The lowest BCUT2D eigenvalue weighted by molar-refractivity contribution is -0.142. The molecule has 3 N–H and O–H groups in total. The van der Waals surface area contributed by atoms with Crippen LogP contribution in [0.1, 0.15) is 24.3 Å². The monoisotopic (exact) mass is 219 g/mol. The lowest BCUT2D eigenvalue weighted by atomic mass is 9.95. The Hall–Kier alpha value is -1.84. The molecule has 0 radical (unpaired) electrons. The van der Waals surface area contributed by atoms with Crippen LogP contribution in [0.15, 0.2) is 24.3 Å². The van der Waals surface area contributed by atoms with E-state index in [-0.39, 0.29) is 18.1 Å². The second-order valence-electron chi connectivity index (χ2n) is 4.16. The van der Waals surface area contributed by atoms with Crippen LogP contribution in [0.5, 0.6) is 0 Å². The van der Waals surface area contributed by atoms with Gasteiger partial charge in [0.1, 0.15) is 5.78 Å². The largest absolute Gasteiger partial charge is 0.481 e. The first kappa shape index (κ1) is 10.7. The zero-order valence-corrected chi connectivity index (χ0v) is 8.72. The number of ketones is 1. The van der Waals surface area contributed by atoms with Crippen LogP contribution in [0.25, 0.3) is 0 Å². The maximum atomic E-state index is 11.7. The first-order valence-corrected chi connectivity index (χ1v) is 5.19. The average Bonchev–Trinajstić information content (AvgIpc) is 2.60. The third kappa shape index (κ3) is 1.91. The van der Waals surface area contributed by atoms with Gasteiger partial charge < -0.3 is 10.8 Å². The Labute approximate surface area is 93.1 Å². The molecule has 1 fully saturated rings. The molecule has 2 rings (SSSR count). The average molecular weight is 219 g/mol. The van der Waals surface area contributed by atoms with Crippen LogP contribution in [0.2, 0.25) is 0 Å². The van der Waals surface area contributed by atoms with Gasteiger partial charge in [0.25, 0.3) is 0 Å². The zero-order valence-electron chi connectivity index (χ0n) is 8.72. The molecule has 0 heterocycles. The fraction of sp³-hybridized carbons (Fsp3) is 0.333. The van der Waals surface area contributed by atoms with Crippen LogP contribution in [-0.2, 0) is 9.59 Å². The van der Waals surface area contributed by atoms with Crippen LogP contribution >= 0.6 is 0 Å². The van der Waals surface area contributed by atoms with E-state index in [0.717, 1.165) is 5.56 Å². The van der Waals surface area contributed by atoms with Crippen molar-refractivity contribution in [3.63, 3.8) is 0 Å². The van der Waals surface area contributed by atoms with Gasteiger partial charge in [0.05, 0.1) is 5.92 Å². The highest BCUT2D eigenvalue weighted by atomic mass is 16.4. The van der Waals surface area contributed by atoms with Crippen molar-refractivity contribution in [3.8, 4) is 0 Å². The summed E-state index contributed by atoms with van der Waals surface area (Å²) < 4.78 is 0. The maximum Gasteiger partial charge on any atom is 0.306 e. The second kappa shape index (κ2) is 3.96. The molecule has 2 atom stereocenters. The number of aliphatic carboxylic acids is 1. The van der Waals surface area contributed by atoms with Gasteiger partial charge in [-0.05, 0) is 24.1 Å². The van der Waals surface area contributed by atoms with Crippen molar-refractivity contribution in [2.75, 3.05) is 5.73 Å². The predicted molar refractivity (Wildman–Crippen MR) is 59.0 cm³/mol. The quantitative estimate of drug-likeness (QED) is 0.737. The number of rotatable bonds is 2. The Morgan fingerprint density at radius 2 is 2.19 bits per heavy atom. The summed E-state index contributed by atoms with van der Waals surface area (Å²) in [6.45, 7) is 0. The van der Waals surface area contributed by atoms with E-state index in [1.165, 1.54) is 0 Å². The lowest BCUT2D eigenvalue weighted by Crippen LogP contribution is -2.09. The SMILES string of the molecule is Nc1cccc([C@H]2C[C@@H](C(=O)O)CC2=O)c1. The summed E-state index contributed by atoms with van der Waals surface area (Å²) in [6, 6.07) is 7.10. The van der Waals surface area contributed by atoms with Gasteiger partial charge in [0.2, 0.25) is 0 Å². The van der Waals surface area contributed by atoms with E-state index in [2.05, 4.69) is 0 Å². The number of anilines is 1. The van der Waals surface area contributed by atoms with Gasteiger partial charge in [-0.1, -0.05) is 12.1 Å². The molecular weight excluding hydrogens is 206 g/mol. The van der Waals surface area contributed by atoms with Crippen molar-refractivity contribution >= 4 is 17.4 Å². The molecule has 0 spiro atoms. The number of carbonyl (C=O) groups excluding carboxylic acids is 1. The molecule has 4 heteroatoms. The molecule has 0 amide bonds. The lowest BCUT2D eigenvalue weighted by Gasteiger charge is -2.09. The number of carboxylic acid groups (broad SMARTS) is 1. The molecule has 1 aromatic rings. The normalized spacial score (nSPS) is 24.6. The first-order valence-electron chi connectivity index (χ1n) is 5.19. The fourth-order valence-electron chi connectivity index (χ4n) is 2.17. The highest BCUT2D eigenvalue weighted by Gasteiger charge is 2.37. The van der Waals surface area contributed by atoms with Gasteiger partial charge in [-0.15, -0.1) is 0 Å². The van der Waals surface area contributed by atoms with E-state index < -0.39 is 11.9 Å². The van der Waals surface area contributed by atoms with E-state index in [9.17, 15) is 9.59 Å². The van der Waals surface area contributed by atoms with Crippen molar-refractivity contribution in [1.29, 1.82) is 0 Å². The van der Waals surface area contributed by atoms with Gasteiger partial charge in [0.15, 0.2) is 0 Å². The number of nitrogen functional groups attached to an aromatic ring is 1. The molecule has 1 aliphatic carbocycles. The third-order valence-corrected chi connectivity index (χ3v) is 3.02. The molecule has 1 aromatic carbocycles. The minimum atomic E-state index is -0.889. The molecule has 0 unspecified atom stereocenters. The Kier molecular flexibility index (Phi) is 2.64. The Morgan fingerprint density at radius 1 is 1.44 bits per heavy atom. The van der Waals surface area contributed by atoms with Crippen molar-refractivity contribution in [1.82, 2.24) is 0 Å². The molecule has 0 saturated heterocycles. The summed E-state index contributed by atoms with van der Waals surface area (Å²) in [4.78, 5) is 22.5. The van der Waals surface area contributed by atoms with E-state index in [0.29, 0.717) is 12.1 Å². The number of hydrogen-bond donors (Lipinski definition) is 2. The molecule has 84 valence electrons. The predicted octanol–water partition coefficient (Wildman–Crippen LogP) is 1.42. The summed E-state index contributed by atoms with van der Waals surface area (Å²) in [5.74, 6) is -1.73. The van der Waals surface area contributed by atoms with Crippen molar-refractivity contribution in [3.05, 3.63) is 29.8 Å².